The Hall–Kier alpha value is -2.24. The number of methoxy groups -OCH3 is 3. The van der Waals surface area contributed by atoms with Crippen LogP contribution in [0.2, 0.25) is 0 Å². The van der Waals surface area contributed by atoms with Crippen LogP contribution in [0.5, 0.6) is 17.2 Å². The number of aliphatic carboxylic acids is 1. The fourth-order valence-corrected chi connectivity index (χ4v) is 2.19. The molecule has 0 aliphatic rings. The van der Waals surface area contributed by atoms with Gasteiger partial charge in [-0.1, -0.05) is 6.42 Å². The van der Waals surface area contributed by atoms with E-state index in [-0.39, 0.29) is 12.2 Å². The van der Waals surface area contributed by atoms with Gasteiger partial charge < -0.3 is 19.3 Å². The first-order valence-electron chi connectivity index (χ1n) is 7.09. The molecule has 0 unspecified atom stereocenters. The zero-order valence-electron chi connectivity index (χ0n) is 13.2. The number of carbonyl (C=O) groups is 2. The molecule has 122 valence electrons. The van der Waals surface area contributed by atoms with Gasteiger partial charge in [-0.15, -0.1) is 0 Å². The molecular weight excluding hydrogens is 288 g/mol. The number of carboxylic acids is 1. The van der Waals surface area contributed by atoms with Crippen LogP contribution in [0.3, 0.4) is 0 Å². The van der Waals surface area contributed by atoms with Crippen LogP contribution in [0.15, 0.2) is 12.1 Å². The lowest BCUT2D eigenvalue weighted by Crippen LogP contribution is -2.05. The molecule has 0 spiro atoms. The average molecular weight is 310 g/mol. The van der Waals surface area contributed by atoms with E-state index in [4.69, 9.17) is 19.3 Å². The van der Waals surface area contributed by atoms with E-state index >= 15 is 0 Å². The lowest BCUT2D eigenvalue weighted by Gasteiger charge is -2.15. The molecule has 0 saturated carbocycles. The van der Waals surface area contributed by atoms with Crippen molar-refractivity contribution in [3.8, 4) is 17.2 Å². The van der Waals surface area contributed by atoms with Crippen molar-refractivity contribution in [3.05, 3.63) is 17.7 Å². The molecule has 0 saturated heterocycles. The van der Waals surface area contributed by atoms with Gasteiger partial charge in [-0.25, -0.2) is 0 Å². The molecule has 0 heterocycles. The molecule has 0 bridgehead atoms. The Morgan fingerprint density at radius 2 is 1.55 bits per heavy atom. The summed E-state index contributed by atoms with van der Waals surface area (Å²) >= 11 is 0. The fourth-order valence-electron chi connectivity index (χ4n) is 2.19. The number of Topliss-reactive ketones (excluding diaryl/α,β-unsaturated/α-hetero) is 1. The fraction of sp³-hybridized carbons (Fsp3) is 0.500. The second kappa shape index (κ2) is 8.92. The van der Waals surface area contributed by atoms with Crippen molar-refractivity contribution in [3.63, 3.8) is 0 Å². The Kier molecular flexibility index (Phi) is 7.22. The van der Waals surface area contributed by atoms with Crippen LogP contribution in [-0.2, 0) is 4.79 Å². The summed E-state index contributed by atoms with van der Waals surface area (Å²) in [7, 11) is 4.47. The maximum Gasteiger partial charge on any atom is 0.303 e. The number of hydrogen-bond donors (Lipinski definition) is 1. The highest BCUT2D eigenvalue weighted by atomic mass is 16.5. The third-order valence-electron chi connectivity index (χ3n) is 3.30. The molecule has 0 aliphatic carbocycles. The lowest BCUT2D eigenvalue weighted by molar-refractivity contribution is -0.137. The number of ketones is 1. The predicted octanol–water partition coefficient (Wildman–Crippen LogP) is 2.93. The van der Waals surface area contributed by atoms with E-state index in [0.29, 0.717) is 48.5 Å². The van der Waals surface area contributed by atoms with Crippen molar-refractivity contribution < 1.29 is 28.9 Å². The van der Waals surface area contributed by atoms with Crippen molar-refractivity contribution in [2.24, 2.45) is 0 Å². The van der Waals surface area contributed by atoms with E-state index in [1.165, 1.54) is 21.3 Å². The van der Waals surface area contributed by atoms with Crippen molar-refractivity contribution in [1.82, 2.24) is 0 Å². The minimum atomic E-state index is -0.812. The number of unbranched alkanes of at least 4 members (excludes halogenated alkanes) is 2. The van der Waals surface area contributed by atoms with E-state index in [9.17, 15) is 9.59 Å². The Morgan fingerprint density at radius 3 is 2.09 bits per heavy atom. The van der Waals surface area contributed by atoms with Crippen LogP contribution < -0.4 is 14.2 Å². The van der Waals surface area contributed by atoms with Gasteiger partial charge in [-0.05, 0) is 25.0 Å². The molecule has 0 amide bonds. The number of carbonyl (C=O) groups excluding carboxylic acids is 1. The van der Waals surface area contributed by atoms with Crippen molar-refractivity contribution in [1.29, 1.82) is 0 Å². The predicted molar refractivity (Wildman–Crippen MR) is 81.1 cm³/mol. The number of ether oxygens (including phenoxy) is 3. The van der Waals surface area contributed by atoms with Crippen LogP contribution in [0.1, 0.15) is 42.5 Å². The summed E-state index contributed by atoms with van der Waals surface area (Å²) in [5.74, 6) is 0.373. The molecule has 6 heteroatoms. The first kappa shape index (κ1) is 17.8. The molecule has 1 aromatic rings. The van der Waals surface area contributed by atoms with Gasteiger partial charge in [0, 0.05) is 12.8 Å². The smallest absolute Gasteiger partial charge is 0.303 e. The van der Waals surface area contributed by atoms with Crippen LogP contribution in [-0.4, -0.2) is 38.2 Å². The molecule has 6 nitrogen and oxygen atoms in total. The van der Waals surface area contributed by atoms with Gasteiger partial charge in [0.25, 0.3) is 0 Å². The Morgan fingerprint density at radius 1 is 0.909 bits per heavy atom. The summed E-state index contributed by atoms with van der Waals surface area (Å²) in [5, 5.41) is 8.57. The standard InChI is InChI=1S/C16H22O6/c1-20-13-10-9-11(15(21-2)16(13)22-3)12(17)7-5-4-6-8-14(18)19/h9-10H,4-8H2,1-3H3,(H,18,19). The van der Waals surface area contributed by atoms with Gasteiger partial charge in [0.15, 0.2) is 17.3 Å². The molecular formula is C16H22O6. The zero-order valence-corrected chi connectivity index (χ0v) is 13.2. The summed E-state index contributed by atoms with van der Waals surface area (Å²) in [6, 6.07) is 3.32. The molecule has 0 fully saturated rings. The Balaban J connectivity index is 2.74. The highest BCUT2D eigenvalue weighted by molar-refractivity contribution is 5.99. The zero-order chi connectivity index (χ0) is 16.5. The average Bonchev–Trinajstić information content (AvgIpc) is 2.52. The van der Waals surface area contributed by atoms with E-state index < -0.39 is 5.97 Å². The van der Waals surface area contributed by atoms with E-state index in [0.717, 1.165) is 0 Å². The number of rotatable bonds is 10. The summed E-state index contributed by atoms with van der Waals surface area (Å²) < 4.78 is 15.7. The molecule has 22 heavy (non-hydrogen) atoms. The molecule has 1 aromatic carbocycles. The highest BCUT2D eigenvalue weighted by Crippen LogP contribution is 2.40. The third-order valence-corrected chi connectivity index (χ3v) is 3.30. The summed E-state index contributed by atoms with van der Waals surface area (Å²) in [4.78, 5) is 22.7. The van der Waals surface area contributed by atoms with Crippen LogP contribution >= 0.6 is 0 Å². The van der Waals surface area contributed by atoms with Gasteiger partial charge >= 0.3 is 5.97 Å². The number of hydrogen-bond acceptors (Lipinski definition) is 5. The largest absolute Gasteiger partial charge is 0.493 e. The Labute approximate surface area is 130 Å². The minimum absolute atomic E-state index is 0.0619. The second-order valence-corrected chi connectivity index (χ2v) is 4.76. The first-order chi connectivity index (χ1) is 10.5. The van der Waals surface area contributed by atoms with Gasteiger partial charge in [0.1, 0.15) is 0 Å². The SMILES string of the molecule is COc1ccc(C(=O)CCCCCC(=O)O)c(OC)c1OC. The first-order valence-corrected chi connectivity index (χ1v) is 7.09. The monoisotopic (exact) mass is 310 g/mol. The number of carboxylic acid groups (broad SMARTS) is 1. The maximum absolute atomic E-state index is 12.3. The van der Waals surface area contributed by atoms with E-state index in [2.05, 4.69) is 0 Å². The molecule has 1 N–H and O–H groups in total. The number of benzene rings is 1. The van der Waals surface area contributed by atoms with E-state index in [1.807, 2.05) is 0 Å². The minimum Gasteiger partial charge on any atom is -0.493 e. The van der Waals surface area contributed by atoms with Crippen molar-refractivity contribution >= 4 is 11.8 Å². The van der Waals surface area contributed by atoms with Crippen LogP contribution in [0, 0.1) is 0 Å². The third kappa shape index (κ3) is 4.65. The van der Waals surface area contributed by atoms with Gasteiger partial charge in [-0.2, -0.15) is 0 Å². The lowest BCUT2D eigenvalue weighted by atomic mass is 10.0. The van der Waals surface area contributed by atoms with E-state index in [1.54, 1.807) is 12.1 Å². The molecule has 1 rings (SSSR count). The summed E-state index contributed by atoms with van der Waals surface area (Å²) in [6.45, 7) is 0. The highest BCUT2D eigenvalue weighted by Gasteiger charge is 2.20. The normalized spacial score (nSPS) is 10.1. The van der Waals surface area contributed by atoms with Gasteiger partial charge in [-0.3, -0.25) is 9.59 Å². The van der Waals surface area contributed by atoms with Crippen LogP contribution in [0.4, 0.5) is 0 Å². The molecule has 0 aromatic heterocycles. The van der Waals surface area contributed by atoms with Gasteiger partial charge in [0.2, 0.25) is 5.75 Å². The second-order valence-electron chi connectivity index (χ2n) is 4.76. The maximum atomic E-state index is 12.3. The topological polar surface area (TPSA) is 82.1 Å². The quantitative estimate of drug-likeness (QED) is 0.528. The Bertz CT molecular complexity index is 524. The summed E-state index contributed by atoms with van der Waals surface area (Å²) in [6.07, 6.45) is 2.39. The summed E-state index contributed by atoms with van der Waals surface area (Å²) in [5.41, 5.74) is 0.443. The molecule has 0 atom stereocenters. The molecule has 0 radical (unpaired) electrons. The van der Waals surface area contributed by atoms with Crippen molar-refractivity contribution in [2.75, 3.05) is 21.3 Å². The van der Waals surface area contributed by atoms with Gasteiger partial charge in [0.05, 0.1) is 26.9 Å². The molecule has 0 aliphatic heterocycles. The van der Waals surface area contributed by atoms with Crippen LogP contribution in [0.25, 0.3) is 0 Å². The van der Waals surface area contributed by atoms with Crippen molar-refractivity contribution in [2.45, 2.75) is 32.1 Å².